The van der Waals surface area contributed by atoms with E-state index in [4.69, 9.17) is 0 Å². The highest BCUT2D eigenvalue weighted by Crippen LogP contribution is 2.29. The average molecular weight is 196 g/mol. The molecule has 1 heterocycles. The van der Waals surface area contributed by atoms with E-state index in [1.165, 1.54) is 17.8 Å². The third-order valence-corrected chi connectivity index (χ3v) is 3.86. The van der Waals surface area contributed by atoms with Crippen LogP contribution < -0.4 is 5.32 Å². The van der Waals surface area contributed by atoms with E-state index in [2.05, 4.69) is 24.1 Å². The lowest BCUT2D eigenvalue weighted by atomic mass is 9.81. The summed E-state index contributed by atoms with van der Waals surface area (Å²) >= 11 is 1.74. The zero-order valence-corrected chi connectivity index (χ0v) is 8.97. The van der Waals surface area contributed by atoms with Crippen molar-refractivity contribution >= 4 is 11.3 Å². The molecule has 72 valence electrons. The number of hydrogen-bond donors (Lipinski definition) is 1. The van der Waals surface area contributed by atoms with E-state index < -0.39 is 0 Å². The molecule has 2 rings (SSSR count). The lowest BCUT2D eigenvalue weighted by molar-refractivity contribution is 0.214. The van der Waals surface area contributed by atoms with Gasteiger partial charge in [-0.3, -0.25) is 0 Å². The first-order valence-corrected chi connectivity index (χ1v) is 5.81. The maximum absolute atomic E-state index is 4.31. The van der Waals surface area contributed by atoms with Crippen LogP contribution in [0.25, 0.3) is 0 Å². The first kappa shape index (κ1) is 9.16. The van der Waals surface area contributed by atoms with Crippen LogP contribution in [0.1, 0.15) is 37.7 Å². The van der Waals surface area contributed by atoms with Gasteiger partial charge in [0.25, 0.3) is 0 Å². The van der Waals surface area contributed by atoms with Crippen LogP contribution in [0, 0.1) is 5.92 Å². The number of nitrogens with zero attached hydrogens (tertiary/aromatic N) is 1. The SMILES string of the molecule is CC(NC1CCC1C)c1nccs1. The Morgan fingerprint density at radius 1 is 1.62 bits per heavy atom. The van der Waals surface area contributed by atoms with Gasteiger partial charge in [0.15, 0.2) is 0 Å². The van der Waals surface area contributed by atoms with Gasteiger partial charge in [0, 0.05) is 17.6 Å². The highest BCUT2D eigenvalue weighted by molar-refractivity contribution is 7.09. The fourth-order valence-electron chi connectivity index (χ4n) is 1.75. The first-order valence-electron chi connectivity index (χ1n) is 4.93. The topological polar surface area (TPSA) is 24.9 Å². The van der Waals surface area contributed by atoms with Gasteiger partial charge in [0.1, 0.15) is 5.01 Å². The molecule has 1 aromatic heterocycles. The molecule has 1 N–H and O–H groups in total. The minimum atomic E-state index is 0.424. The van der Waals surface area contributed by atoms with Crippen LogP contribution in [-0.2, 0) is 0 Å². The van der Waals surface area contributed by atoms with Crippen molar-refractivity contribution in [3.05, 3.63) is 16.6 Å². The Morgan fingerprint density at radius 2 is 2.46 bits per heavy atom. The van der Waals surface area contributed by atoms with Crippen molar-refractivity contribution in [3.8, 4) is 0 Å². The Kier molecular flexibility index (Phi) is 2.65. The van der Waals surface area contributed by atoms with Gasteiger partial charge >= 0.3 is 0 Å². The van der Waals surface area contributed by atoms with Gasteiger partial charge < -0.3 is 5.32 Å². The Morgan fingerprint density at radius 3 is 2.92 bits per heavy atom. The van der Waals surface area contributed by atoms with E-state index >= 15 is 0 Å². The largest absolute Gasteiger partial charge is 0.305 e. The minimum Gasteiger partial charge on any atom is -0.305 e. The summed E-state index contributed by atoms with van der Waals surface area (Å²) in [6.07, 6.45) is 4.58. The molecular weight excluding hydrogens is 180 g/mol. The Hall–Kier alpha value is -0.410. The van der Waals surface area contributed by atoms with Gasteiger partial charge in [-0.15, -0.1) is 11.3 Å². The lowest BCUT2D eigenvalue weighted by Crippen LogP contribution is -2.43. The summed E-state index contributed by atoms with van der Waals surface area (Å²) in [5.41, 5.74) is 0. The molecule has 1 aromatic rings. The van der Waals surface area contributed by atoms with E-state index in [0.717, 1.165) is 12.0 Å². The maximum Gasteiger partial charge on any atom is 0.109 e. The highest BCUT2D eigenvalue weighted by atomic mass is 32.1. The van der Waals surface area contributed by atoms with Crippen LogP contribution >= 0.6 is 11.3 Å². The fraction of sp³-hybridized carbons (Fsp3) is 0.700. The molecule has 3 unspecified atom stereocenters. The van der Waals surface area contributed by atoms with Gasteiger partial charge in [0.05, 0.1) is 6.04 Å². The van der Waals surface area contributed by atoms with Crippen LogP contribution in [0.4, 0.5) is 0 Å². The molecule has 0 aliphatic heterocycles. The zero-order chi connectivity index (χ0) is 9.26. The van der Waals surface area contributed by atoms with Crippen molar-refractivity contribution in [2.45, 2.75) is 38.8 Å². The monoisotopic (exact) mass is 196 g/mol. The van der Waals surface area contributed by atoms with Gasteiger partial charge in [0.2, 0.25) is 0 Å². The van der Waals surface area contributed by atoms with Gasteiger partial charge in [-0.05, 0) is 25.7 Å². The van der Waals surface area contributed by atoms with E-state index in [1.807, 2.05) is 11.6 Å². The molecule has 13 heavy (non-hydrogen) atoms. The fourth-order valence-corrected chi connectivity index (χ4v) is 2.41. The molecule has 3 atom stereocenters. The van der Waals surface area contributed by atoms with Gasteiger partial charge in [-0.1, -0.05) is 6.92 Å². The average Bonchev–Trinajstić information content (AvgIpc) is 2.64. The van der Waals surface area contributed by atoms with Crippen LogP contribution in [-0.4, -0.2) is 11.0 Å². The van der Waals surface area contributed by atoms with Crippen molar-refractivity contribution in [3.63, 3.8) is 0 Å². The summed E-state index contributed by atoms with van der Waals surface area (Å²) in [6, 6.07) is 1.15. The highest BCUT2D eigenvalue weighted by Gasteiger charge is 2.28. The third kappa shape index (κ3) is 1.92. The second kappa shape index (κ2) is 3.76. The van der Waals surface area contributed by atoms with Crippen LogP contribution in [0.3, 0.4) is 0 Å². The molecule has 1 aliphatic rings. The standard InChI is InChI=1S/C10H16N2S/c1-7-3-4-9(7)12-8(2)10-11-5-6-13-10/h5-9,12H,3-4H2,1-2H3. The Labute approximate surface area is 83.4 Å². The van der Waals surface area contributed by atoms with Crippen LogP contribution in [0.15, 0.2) is 11.6 Å². The first-order chi connectivity index (χ1) is 6.27. The number of thiazole rings is 1. The number of hydrogen-bond acceptors (Lipinski definition) is 3. The number of rotatable bonds is 3. The molecule has 0 bridgehead atoms. The summed E-state index contributed by atoms with van der Waals surface area (Å²) in [6.45, 7) is 4.51. The molecular formula is C10H16N2S. The molecule has 3 heteroatoms. The summed E-state index contributed by atoms with van der Waals surface area (Å²) in [5.74, 6) is 0.849. The van der Waals surface area contributed by atoms with E-state index in [9.17, 15) is 0 Å². The van der Waals surface area contributed by atoms with Crippen molar-refractivity contribution < 1.29 is 0 Å². The van der Waals surface area contributed by atoms with Crippen LogP contribution in [0.2, 0.25) is 0 Å². The second-order valence-electron chi connectivity index (χ2n) is 3.92. The molecule has 0 aromatic carbocycles. The maximum atomic E-state index is 4.31. The Bertz CT molecular complexity index is 258. The van der Waals surface area contributed by atoms with E-state index in [1.54, 1.807) is 11.3 Å². The molecule has 0 saturated heterocycles. The Balaban J connectivity index is 1.88. The third-order valence-electron chi connectivity index (χ3n) is 2.91. The number of aromatic nitrogens is 1. The van der Waals surface area contributed by atoms with E-state index in [-0.39, 0.29) is 0 Å². The van der Waals surface area contributed by atoms with Gasteiger partial charge in [-0.2, -0.15) is 0 Å². The van der Waals surface area contributed by atoms with Crippen molar-refractivity contribution in [2.24, 2.45) is 5.92 Å². The summed E-state index contributed by atoms with van der Waals surface area (Å²) in [4.78, 5) is 4.31. The molecule has 1 aliphatic carbocycles. The molecule has 0 amide bonds. The predicted octanol–water partition coefficient (Wildman–Crippen LogP) is 2.59. The van der Waals surface area contributed by atoms with Crippen molar-refractivity contribution in [1.82, 2.24) is 10.3 Å². The molecule has 0 spiro atoms. The van der Waals surface area contributed by atoms with Crippen molar-refractivity contribution in [1.29, 1.82) is 0 Å². The quantitative estimate of drug-likeness (QED) is 0.803. The molecule has 1 saturated carbocycles. The van der Waals surface area contributed by atoms with Gasteiger partial charge in [-0.25, -0.2) is 4.98 Å². The van der Waals surface area contributed by atoms with Crippen molar-refractivity contribution in [2.75, 3.05) is 0 Å². The smallest absolute Gasteiger partial charge is 0.109 e. The molecule has 0 radical (unpaired) electrons. The van der Waals surface area contributed by atoms with Crippen LogP contribution in [0.5, 0.6) is 0 Å². The molecule has 2 nitrogen and oxygen atoms in total. The summed E-state index contributed by atoms with van der Waals surface area (Å²) in [5, 5.41) is 6.86. The zero-order valence-electron chi connectivity index (χ0n) is 8.16. The minimum absolute atomic E-state index is 0.424. The summed E-state index contributed by atoms with van der Waals surface area (Å²) < 4.78 is 0. The number of nitrogens with one attached hydrogen (secondary N) is 1. The molecule has 1 fully saturated rings. The normalized spacial score (nSPS) is 29.7. The second-order valence-corrected chi connectivity index (χ2v) is 4.85. The predicted molar refractivity (Wildman–Crippen MR) is 55.9 cm³/mol. The van der Waals surface area contributed by atoms with E-state index in [0.29, 0.717) is 6.04 Å². The summed E-state index contributed by atoms with van der Waals surface area (Å²) in [7, 11) is 0. The lowest BCUT2D eigenvalue weighted by Gasteiger charge is -2.36.